The lowest BCUT2D eigenvalue weighted by atomic mass is 10.2. The summed E-state index contributed by atoms with van der Waals surface area (Å²) in [5.41, 5.74) is 5.05. The zero-order chi connectivity index (χ0) is 14.3. The highest BCUT2D eigenvalue weighted by molar-refractivity contribution is 7.98. The van der Waals surface area contributed by atoms with Crippen molar-refractivity contribution in [2.24, 2.45) is 0 Å². The highest BCUT2D eigenvalue weighted by Gasteiger charge is 2.20. The van der Waals surface area contributed by atoms with Crippen molar-refractivity contribution in [2.75, 3.05) is 24.3 Å². The van der Waals surface area contributed by atoms with Crippen LogP contribution in [0.4, 0.5) is 11.5 Å². The Morgan fingerprint density at radius 3 is 2.95 bits per heavy atom. The number of pyridine rings is 1. The number of carbonyl (C=O) groups is 1. The minimum Gasteiger partial charge on any atom is -0.384 e. The third-order valence-electron chi connectivity index (χ3n) is 2.41. The van der Waals surface area contributed by atoms with E-state index in [1.807, 2.05) is 6.26 Å². The number of hydrogen-bond acceptors (Lipinski definition) is 6. The lowest BCUT2D eigenvalue weighted by Gasteiger charge is -2.06. The number of nitrogens with zero attached hydrogens (tertiary/aromatic N) is 2. The average molecular weight is 284 g/mol. The fraction of sp³-hybridized carbons (Fsp3) is 0.455. The van der Waals surface area contributed by atoms with Crippen LogP contribution in [0.3, 0.4) is 0 Å². The number of carbonyl (C=O) groups excluding carboxylic acids is 1. The normalized spacial score (nSPS) is 10.2. The summed E-state index contributed by atoms with van der Waals surface area (Å²) < 4.78 is 0. The smallest absolute Gasteiger partial charge is 0.300 e. The monoisotopic (exact) mass is 284 g/mol. The van der Waals surface area contributed by atoms with Crippen LogP contribution in [0.15, 0.2) is 12.3 Å². The Hall–Kier alpha value is -1.83. The molecule has 0 aliphatic carbocycles. The molecule has 1 amide bonds. The van der Waals surface area contributed by atoms with Crippen molar-refractivity contribution in [3.05, 3.63) is 27.9 Å². The van der Waals surface area contributed by atoms with E-state index < -0.39 is 10.8 Å². The quantitative estimate of drug-likeness (QED) is 0.445. The summed E-state index contributed by atoms with van der Waals surface area (Å²) in [5, 5.41) is 13.4. The minimum absolute atomic E-state index is 0.0534. The summed E-state index contributed by atoms with van der Waals surface area (Å²) in [5.74, 6) is 0.612. The summed E-state index contributed by atoms with van der Waals surface area (Å²) in [4.78, 5) is 25.6. The van der Waals surface area contributed by atoms with Crippen molar-refractivity contribution in [1.82, 2.24) is 10.3 Å². The molecular weight excluding hydrogens is 268 g/mol. The van der Waals surface area contributed by atoms with Crippen LogP contribution < -0.4 is 11.1 Å². The van der Waals surface area contributed by atoms with E-state index in [1.165, 1.54) is 6.07 Å². The number of unbranched alkanes of at least 4 members (excludes halogenated alkanes) is 1. The maximum atomic E-state index is 11.9. The molecule has 0 saturated heterocycles. The first kappa shape index (κ1) is 15.2. The van der Waals surface area contributed by atoms with E-state index in [1.54, 1.807) is 11.8 Å². The Bertz CT molecular complexity index is 467. The molecule has 0 fully saturated rings. The third kappa shape index (κ3) is 4.74. The predicted molar refractivity (Wildman–Crippen MR) is 75.3 cm³/mol. The van der Waals surface area contributed by atoms with Gasteiger partial charge < -0.3 is 11.1 Å². The van der Waals surface area contributed by atoms with Crippen LogP contribution in [0, 0.1) is 10.1 Å². The molecule has 0 saturated carbocycles. The number of hydrogen-bond donors (Lipinski definition) is 2. The average Bonchev–Trinajstić information content (AvgIpc) is 2.37. The molecule has 0 aliphatic rings. The van der Waals surface area contributed by atoms with Gasteiger partial charge in [0.1, 0.15) is 17.6 Å². The fourth-order valence-electron chi connectivity index (χ4n) is 1.46. The molecule has 1 heterocycles. The molecule has 1 aromatic heterocycles. The van der Waals surface area contributed by atoms with E-state index in [2.05, 4.69) is 10.3 Å². The minimum atomic E-state index is -0.644. The summed E-state index contributed by atoms with van der Waals surface area (Å²) in [6.07, 6.45) is 4.84. The molecular formula is C11H16N4O3S. The molecule has 7 nitrogen and oxygen atoms in total. The van der Waals surface area contributed by atoms with Gasteiger partial charge in [0.15, 0.2) is 0 Å². The van der Waals surface area contributed by atoms with Gasteiger partial charge in [-0.25, -0.2) is 4.98 Å². The zero-order valence-corrected chi connectivity index (χ0v) is 11.4. The van der Waals surface area contributed by atoms with Crippen LogP contribution in [-0.4, -0.2) is 34.4 Å². The van der Waals surface area contributed by atoms with Gasteiger partial charge in [-0.05, 0) is 30.9 Å². The number of thioether (sulfide) groups is 1. The van der Waals surface area contributed by atoms with Crippen LogP contribution >= 0.6 is 11.8 Å². The topological polar surface area (TPSA) is 111 Å². The molecule has 0 unspecified atom stereocenters. The van der Waals surface area contributed by atoms with E-state index >= 15 is 0 Å². The number of rotatable bonds is 7. The highest BCUT2D eigenvalue weighted by atomic mass is 32.2. The number of nitrogens with one attached hydrogen (secondary N) is 1. The SMILES string of the molecule is CSCCCCNC(=O)c1cc(N)ncc1[N+](=O)[O-]. The van der Waals surface area contributed by atoms with E-state index in [4.69, 9.17) is 5.73 Å². The second-order valence-corrected chi connectivity index (χ2v) is 4.82. The lowest BCUT2D eigenvalue weighted by molar-refractivity contribution is -0.385. The van der Waals surface area contributed by atoms with Crippen LogP contribution in [0.1, 0.15) is 23.2 Å². The molecule has 8 heteroatoms. The first-order valence-electron chi connectivity index (χ1n) is 5.73. The first-order chi connectivity index (χ1) is 9.06. The molecule has 1 aromatic rings. The summed E-state index contributed by atoms with van der Waals surface area (Å²) in [6.45, 7) is 0.485. The van der Waals surface area contributed by atoms with Crippen molar-refractivity contribution in [2.45, 2.75) is 12.8 Å². The summed E-state index contributed by atoms with van der Waals surface area (Å²) >= 11 is 1.74. The van der Waals surface area contributed by atoms with Crippen molar-refractivity contribution in [3.8, 4) is 0 Å². The van der Waals surface area contributed by atoms with Crippen molar-refractivity contribution in [1.29, 1.82) is 0 Å². The molecule has 3 N–H and O–H groups in total. The van der Waals surface area contributed by atoms with Crippen LogP contribution in [0.2, 0.25) is 0 Å². The maximum Gasteiger partial charge on any atom is 0.300 e. The zero-order valence-electron chi connectivity index (χ0n) is 10.6. The van der Waals surface area contributed by atoms with E-state index in [0.29, 0.717) is 6.54 Å². The fourth-order valence-corrected chi connectivity index (χ4v) is 1.95. The van der Waals surface area contributed by atoms with Crippen LogP contribution in [-0.2, 0) is 0 Å². The van der Waals surface area contributed by atoms with Gasteiger partial charge >= 0.3 is 0 Å². The Labute approximate surface area is 115 Å². The van der Waals surface area contributed by atoms with Gasteiger partial charge in [0, 0.05) is 6.54 Å². The van der Waals surface area contributed by atoms with Crippen LogP contribution in [0.5, 0.6) is 0 Å². The van der Waals surface area contributed by atoms with Gasteiger partial charge in [-0.3, -0.25) is 14.9 Å². The van der Waals surface area contributed by atoms with Gasteiger partial charge in [-0.15, -0.1) is 0 Å². The molecule has 19 heavy (non-hydrogen) atoms. The van der Waals surface area contributed by atoms with Crippen molar-refractivity contribution in [3.63, 3.8) is 0 Å². The molecule has 1 rings (SSSR count). The van der Waals surface area contributed by atoms with E-state index in [9.17, 15) is 14.9 Å². The number of aromatic nitrogens is 1. The van der Waals surface area contributed by atoms with Gasteiger partial charge in [-0.1, -0.05) is 0 Å². The number of nitro groups is 1. The molecule has 0 bridgehead atoms. The number of anilines is 1. The van der Waals surface area contributed by atoms with Crippen molar-refractivity contribution < 1.29 is 9.72 Å². The van der Waals surface area contributed by atoms with Crippen LogP contribution in [0.25, 0.3) is 0 Å². The maximum absolute atomic E-state index is 11.9. The molecule has 0 atom stereocenters. The largest absolute Gasteiger partial charge is 0.384 e. The van der Waals surface area contributed by atoms with Gasteiger partial charge in [0.2, 0.25) is 0 Å². The number of nitrogens with two attached hydrogens (primary N) is 1. The Balaban J connectivity index is 2.65. The second-order valence-electron chi connectivity index (χ2n) is 3.84. The molecule has 0 spiro atoms. The molecule has 0 aromatic carbocycles. The first-order valence-corrected chi connectivity index (χ1v) is 7.12. The predicted octanol–water partition coefficient (Wildman–Crippen LogP) is 1.44. The molecule has 0 aliphatic heterocycles. The lowest BCUT2D eigenvalue weighted by Crippen LogP contribution is -2.25. The Kier molecular flexibility index (Phi) is 6.07. The second kappa shape index (κ2) is 7.57. The molecule has 104 valence electrons. The molecule has 0 radical (unpaired) electrons. The summed E-state index contributed by atoms with van der Waals surface area (Å²) in [7, 11) is 0. The number of amides is 1. The third-order valence-corrected chi connectivity index (χ3v) is 3.10. The van der Waals surface area contributed by atoms with Gasteiger partial charge in [0.05, 0.1) is 4.92 Å². The van der Waals surface area contributed by atoms with Crippen molar-refractivity contribution >= 4 is 29.2 Å². The van der Waals surface area contributed by atoms with E-state index in [-0.39, 0.29) is 17.1 Å². The van der Waals surface area contributed by atoms with Gasteiger partial charge in [-0.2, -0.15) is 11.8 Å². The van der Waals surface area contributed by atoms with Gasteiger partial charge in [0.25, 0.3) is 11.6 Å². The standard InChI is InChI=1S/C11H16N4O3S/c1-19-5-3-2-4-13-11(16)8-6-10(12)14-7-9(8)15(17)18/h6-7H,2-5H2,1H3,(H2,12,14)(H,13,16). The Morgan fingerprint density at radius 2 is 2.32 bits per heavy atom. The van der Waals surface area contributed by atoms with E-state index in [0.717, 1.165) is 24.8 Å². The summed E-state index contributed by atoms with van der Waals surface area (Å²) in [6, 6.07) is 1.22. The highest BCUT2D eigenvalue weighted by Crippen LogP contribution is 2.18. The number of nitrogen functional groups attached to an aromatic ring is 1. The Morgan fingerprint density at radius 1 is 1.58 bits per heavy atom.